The second kappa shape index (κ2) is 25.3. The molecule has 194 valence electrons. The predicted octanol–water partition coefficient (Wildman–Crippen LogP) is 9.02. The molecule has 0 rings (SSSR count). The van der Waals surface area contributed by atoms with Crippen molar-refractivity contribution >= 4 is 11.9 Å². The van der Waals surface area contributed by atoms with Crippen LogP contribution >= 0.6 is 0 Å². The molecule has 0 fully saturated rings. The zero-order chi connectivity index (χ0) is 24.4. The van der Waals surface area contributed by atoms with E-state index in [2.05, 4.69) is 19.1 Å². The maximum atomic E-state index is 11.6. The summed E-state index contributed by atoms with van der Waals surface area (Å²) >= 11 is 0. The summed E-state index contributed by atoms with van der Waals surface area (Å²) < 4.78 is 5.01. The SMILES string of the molecule is C/C=C/CCCCCCCCCCCCCCCCCCCC(CC(=O)OCCC)C(=O)O. The van der Waals surface area contributed by atoms with Gasteiger partial charge in [-0.1, -0.05) is 122 Å². The first-order valence-electron chi connectivity index (χ1n) is 14.1. The molecule has 0 saturated heterocycles. The molecule has 0 amide bonds. The van der Waals surface area contributed by atoms with Gasteiger partial charge in [-0.05, 0) is 32.6 Å². The van der Waals surface area contributed by atoms with Gasteiger partial charge < -0.3 is 9.84 Å². The monoisotopic (exact) mass is 466 g/mol. The van der Waals surface area contributed by atoms with Crippen LogP contribution < -0.4 is 0 Å². The van der Waals surface area contributed by atoms with Crippen LogP contribution in [0.1, 0.15) is 149 Å². The Morgan fingerprint density at radius 3 is 1.55 bits per heavy atom. The molecule has 0 heterocycles. The minimum Gasteiger partial charge on any atom is -0.481 e. The number of carbonyl (C=O) groups is 2. The van der Waals surface area contributed by atoms with Gasteiger partial charge in [-0.15, -0.1) is 0 Å². The van der Waals surface area contributed by atoms with Crippen LogP contribution in [-0.2, 0) is 14.3 Å². The molecule has 0 spiro atoms. The number of carboxylic acid groups (broad SMARTS) is 1. The molecule has 0 bridgehead atoms. The van der Waals surface area contributed by atoms with Crippen molar-refractivity contribution in [2.24, 2.45) is 5.92 Å². The van der Waals surface area contributed by atoms with Gasteiger partial charge in [-0.25, -0.2) is 0 Å². The first-order valence-corrected chi connectivity index (χ1v) is 14.1. The van der Waals surface area contributed by atoms with Gasteiger partial charge in [0.1, 0.15) is 0 Å². The first kappa shape index (κ1) is 31.7. The van der Waals surface area contributed by atoms with E-state index in [0.29, 0.717) is 13.0 Å². The molecule has 1 N–H and O–H groups in total. The molecule has 0 aliphatic heterocycles. The van der Waals surface area contributed by atoms with Gasteiger partial charge in [-0.3, -0.25) is 9.59 Å². The Kier molecular flexibility index (Phi) is 24.3. The van der Waals surface area contributed by atoms with E-state index in [4.69, 9.17) is 4.74 Å². The van der Waals surface area contributed by atoms with Gasteiger partial charge in [0.2, 0.25) is 0 Å². The average Bonchev–Trinajstić information content (AvgIpc) is 2.80. The van der Waals surface area contributed by atoms with Crippen molar-refractivity contribution in [2.75, 3.05) is 6.61 Å². The van der Waals surface area contributed by atoms with Gasteiger partial charge in [0.15, 0.2) is 0 Å². The summed E-state index contributed by atoms with van der Waals surface area (Å²) in [6.45, 7) is 4.41. The minimum atomic E-state index is -0.876. The summed E-state index contributed by atoms with van der Waals surface area (Å²) in [7, 11) is 0. The van der Waals surface area contributed by atoms with Crippen molar-refractivity contribution in [1.82, 2.24) is 0 Å². The van der Waals surface area contributed by atoms with Crippen molar-refractivity contribution < 1.29 is 19.4 Å². The lowest BCUT2D eigenvalue weighted by atomic mass is 9.97. The van der Waals surface area contributed by atoms with Gasteiger partial charge in [0.25, 0.3) is 0 Å². The number of allylic oxidation sites excluding steroid dienone is 2. The van der Waals surface area contributed by atoms with Crippen LogP contribution in [0, 0.1) is 5.92 Å². The van der Waals surface area contributed by atoms with Crippen molar-refractivity contribution in [3.05, 3.63) is 12.2 Å². The lowest BCUT2D eigenvalue weighted by Gasteiger charge is -2.11. The number of rotatable bonds is 25. The van der Waals surface area contributed by atoms with E-state index in [0.717, 1.165) is 19.3 Å². The first-order chi connectivity index (χ1) is 16.1. The number of hydrogen-bond donors (Lipinski definition) is 1. The standard InChI is InChI=1S/C29H54O4/c1-3-5-6-7-8-9-10-11-12-13-14-15-16-17-18-19-20-21-22-23-24-27(29(31)32)26-28(30)33-25-4-2/h3,5,27H,4,6-26H2,1-2H3,(H,31,32)/b5-3+. The van der Waals surface area contributed by atoms with Crippen LogP contribution in [0.15, 0.2) is 12.2 Å². The van der Waals surface area contributed by atoms with E-state index in [1.807, 2.05) is 6.92 Å². The molecule has 0 aliphatic carbocycles. The van der Waals surface area contributed by atoms with E-state index in [-0.39, 0.29) is 12.4 Å². The molecule has 1 atom stereocenters. The summed E-state index contributed by atoms with van der Waals surface area (Å²) in [5.41, 5.74) is 0. The summed E-state index contributed by atoms with van der Waals surface area (Å²) in [5.74, 6) is -1.85. The topological polar surface area (TPSA) is 63.6 Å². The number of carboxylic acids is 1. The summed E-state index contributed by atoms with van der Waals surface area (Å²) in [6, 6.07) is 0. The highest BCUT2D eigenvalue weighted by atomic mass is 16.5. The van der Waals surface area contributed by atoms with Crippen LogP contribution in [0.2, 0.25) is 0 Å². The van der Waals surface area contributed by atoms with Gasteiger partial charge in [0.05, 0.1) is 18.9 Å². The van der Waals surface area contributed by atoms with E-state index in [9.17, 15) is 14.7 Å². The molecule has 0 aromatic rings. The van der Waals surface area contributed by atoms with Crippen LogP contribution in [0.25, 0.3) is 0 Å². The predicted molar refractivity (Wildman–Crippen MR) is 140 cm³/mol. The zero-order valence-electron chi connectivity index (χ0n) is 22.0. The molecule has 0 radical (unpaired) electrons. The van der Waals surface area contributed by atoms with Crippen molar-refractivity contribution in [3.8, 4) is 0 Å². The highest BCUT2D eigenvalue weighted by Crippen LogP contribution is 2.18. The third kappa shape index (κ3) is 23.6. The van der Waals surface area contributed by atoms with Crippen molar-refractivity contribution in [3.63, 3.8) is 0 Å². The Hall–Kier alpha value is -1.32. The van der Waals surface area contributed by atoms with Crippen LogP contribution in [0.4, 0.5) is 0 Å². The fourth-order valence-electron chi connectivity index (χ4n) is 4.26. The normalized spacial score (nSPS) is 12.3. The fraction of sp³-hybridized carbons (Fsp3) is 0.862. The van der Waals surface area contributed by atoms with E-state index < -0.39 is 11.9 Å². The smallest absolute Gasteiger partial charge is 0.307 e. The highest BCUT2D eigenvalue weighted by Gasteiger charge is 2.21. The molecule has 33 heavy (non-hydrogen) atoms. The average molecular weight is 467 g/mol. The lowest BCUT2D eigenvalue weighted by molar-refractivity contribution is -0.151. The van der Waals surface area contributed by atoms with Gasteiger partial charge >= 0.3 is 11.9 Å². The number of hydrogen-bond acceptors (Lipinski definition) is 3. The van der Waals surface area contributed by atoms with Crippen molar-refractivity contribution in [2.45, 2.75) is 149 Å². The minimum absolute atomic E-state index is 0.00641. The maximum absolute atomic E-state index is 11.6. The third-order valence-electron chi connectivity index (χ3n) is 6.39. The molecule has 4 heteroatoms. The van der Waals surface area contributed by atoms with Crippen LogP contribution in [-0.4, -0.2) is 23.7 Å². The summed E-state index contributed by atoms with van der Waals surface area (Å²) in [4.78, 5) is 23.0. The largest absolute Gasteiger partial charge is 0.481 e. The Labute approximate surface area is 204 Å². The van der Waals surface area contributed by atoms with E-state index >= 15 is 0 Å². The number of carbonyl (C=O) groups excluding carboxylic acids is 1. The molecule has 0 saturated carbocycles. The Balaban J connectivity index is 3.35. The van der Waals surface area contributed by atoms with Gasteiger partial charge in [0, 0.05) is 0 Å². The lowest BCUT2D eigenvalue weighted by Crippen LogP contribution is -2.19. The number of esters is 1. The molecule has 0 aliphatic rings. The van der Waals surface area contributed by atoms with Crippen LogP contribution in [0.3, 0.4) is 0 Å². The third-order valence-corrected chi connectivity index (χ3v) is 6.39. The second-order valence-electron chi connectivity index (χ2n) is 9.62. The Morgan fingerprint density at radius 2 is 1.15 bits per heavy atom. The Bertz CT molecular complexity index is 472. The Morgan fingerprint density at radius 1 is 0.727 bits per heavy atom. The summed E-state index contributed by atoms with van der Waals surface area (Å²) in [6.07, 6.45) is 29.3. The van der Waals surface area contributed by atoms with E-state index in [1.165, 1.54) is 103 Å². The molecule has 0 aromatic heterocycles. The number of ether oxygens (including phenoxy) is 1. The second-order valence-corrected chi connectivity index (χ2v) is 9.62. The molecule has 0 aromatic carbocycles. The van der Waals surface area contributed by atoms with Crippen LogP contribution in [0.5, 0.6) is 0 Å². The molecule has 4 nitrogen and oxygen atoms in total. The van der Waals surface area contributed by atoms with Crippen molar-refractivity contribution in [1.29, 1.82) is 0 Å². The molecular weight excluding hydrogens is 412 g/mol. The number of unbranched alkanes of at least 4 members (excludes halogenated alkanes) is 17. The molecular formula is C29H54O4. The van der Waals surface area contributed by atoms with E-state index in [1.54, 1.807) is 0 Å². The zero-order valence-corrected chi connectivity index (χ0v) is 22.0. The fourth-order valence-corrected chi connectivity index (χ4v) is 4.26. The molecule has 1 unspecified atom stereocenters. The van der Waals surface area contributed by atoms with Gasteiger partial charge in [-0.2, -0.15) is 0 Å². The maximum Gasteiger partial charge on any atom is 0.307 e. The quantitative estimate of drug-likeness (QED) is 0.0828. The number of aliphatic carboxylic acids is 1. The summed E-state index contributed by atoms with van der Waals surface area (Å²) in [5, 5.41) is 9.30. The highest BCUT2D eigenvalue weighted by molar-refractivity contribution is 5.78.